The number of rotatable bonds is 13. The molecule has 0 fully saturated rings. The highest BCUT2D eigenvalue weighted by molar-refractivity contribution is 7.92. The number of nitrogens with one attached hydrogen (secondary N) is 1. The number of amides is 2. The second kappa shape index (κ2) is 13.5. The van der Waals surface area contributed by atoms with Gasteiger partial charge in [0.2, 0.25) is 11.8 Å². The Morgan fingerprint density at radius 1 is 0.949 bits per heavy atom. The van der Waals surface area contributed by atoms with Gasteiger partial charge in [-0.25, -0.2) is 8.42 Å². The molecule has 3 aromatic carbocycles. The number of non-ortho nitro benzene ring substituents is 1. The lowest BCUT2D eigenvalue weighted by atomic mass is 10.1. The van der Waals surface area contributed by atoms with Crippen molar-refractivity contribution in [2.75, 3.05) is 23.9 Å². The van der Waals surface area contributed by atoms with Crippen molar-refractivity contribution in [2.45, 2.75) is 37.6 Å². The molecule has 3 rings (SSSR count). The van der Waals surface area contributed by atoms with Crippen LogP contribution in [-0.4, -0.2) is 55.7 Å². The topological polar surface area (TPSA) is 130 Å². The van der Waals surface area contributed by atoms with Gasteiger partial charge in [-0.3, -0.25) is 24.0 Å². The molecule has 0 heterocycles. The van der Waals surface area contributed by atoms with E-state index in [1.54, 1.807) is 32.0 Å². The largest absolute Gasteiger partial charge is 0.355 e. The Hall–Kier alpha value is -4.25. The van der Waals surface area contributed by atoms with Crippen LogP contribution in [0, 0.1) is 10.1 Å². The molecule has 2 amide bonds. The van der Waals surface area contributed by atoms with E-state index in [-0.39, 0.29) is 28.7 Å². The van der Waals surface area contributed by atoms with Crippen LogP contribution in [0.5, 0.6) is 0 Å². The molecule has 0 aromatic heterocycles. The molecular weight excluding hydrogens is 520 g/mol. The fraction of sp³-hybridized carbons (Fsp3) is 0.286. The number of nitrogens with zero attached hydrogens (tertiary/aromatic N) is 3. The summed E-state index contributed by atoms with van der Waals surface area (Å²) in [5.41, 5.74) is 0.604. The van der Waals surface area contributed by atoms with Crippen molar-refractivity contribution in [1.29, 1.82) is 0 Å². The second-order valence-corrected chi connectivity index (χ2v) is 10.6. The zero-order valence-corrected chi connectivity index (χ0v) is 22.7. The van der Waals surface area contributed by atoms with E-state index in [9.17, 15) is 28.1 Å². The van der Waals surface area contributed by atoms with Gasteiger partial charge in [0.15, 0.2) is 0 Å². The van der Waals surface area contributed by atoms with Gasteiger partial charge < -0.3 is 10.2 Å². The third-order valence-corrected chi connectivity index (χ3v) is 7.95. The molecule has 0 spiro atoms. The lowest BCUT2D eigenvalue weighted by molar-refractivity contribution is -0.384. The number of nitro benzene ring substituents is 1. The van der Waals surface area contributed by atoms with Crippen molar-refractivity contribution in [3.63, 3.8) is 0 Å². The first-order valence-electron chi connectivity index (χ1n) is 12.6. The first-order valence-corrected chi connectivity index (χ1v) is 14.1. The van der Waals surface area contributed by atoms with Gasteiger partial charge in [0.05, 0.1) is 15.5 Å². The number of sulfonamides is 1. The number of carbonyl (C=O) groups is 2. The third-order valence-electron chi connectivity index (χ3n) is 6.16. The highest BCUT2D eigenvalue weighted by Crippen LogP contribution is 2.27. The summed E-state index contributed by atoms with van der Waals surface area (Å²) in [6, 6.07) is 21.3. The molecule has 0 bridgehead atoms. The fourth-order valence-electron chi connectivity index (χ4n) is 4.20. The van der Waals surface area contributed by atoms with E-state index in [2.05, 4.69) is 5.32 Å². The Bertz CT molecular complexity index is 1380. The number of hydrogen-bond donors (Lipinski definition) is 1. The van der Waals surface area contributed by atoms with Crippen LogP contribution in [0.25, 0.3) is 0 Å². The molecule has 1 atom stereocenters. The van der Waals surface area contributed by atoms with Gasteiger partial charge >= 0.3 is 0 Å². The number of hydrogen-bond acceptors (Lipinski definition) is 6. The zero-order valence-electron chi connectivity index (χ0n) is 21.9. The predicted molar refractivity (Wildman–Crippen MR) is 149 cm³/mol. The van der Waals surface area contributed by atoms with E-state index in [0.717, 1.165) is 15.9 Å². The van der Waals surface area contributed by atoms with Crippen LogP contribution in [0.1, 0.15) is 25.8 Å². The summed E-state index contributed by atoms with van der Waals surface area (Å²) in [6.45, 7) is 3.45. The maximum absolute atomic E-state index is 13.9. The SMILES string of the molecule is CCNC(=O)C(CC)N(CCc1ccccc1)C(=O)CN(c1cccc([N+](=O)[O-])c1)S(=O)(=O)c1ccccc1. The Morgan fingerprint density at radius 2 is 1.59 bits per heavy atom. The molecule has 0 aliphatic rings. The van der Waals surface area contributed by atoms with Crippen LogP contribution in [0.4, 0.5) is 11.4 Å². The molecule has 0 aliphatic carbocycles. The van der Waals surface area contributed by atoms with E-state index >= 15 is 0 Å². The lowest BCUT2D eigenvalue weighted by Crippen LogP contribution is -2.53. The van der Waals surface area contributed by atoms with E-state index < -0.39 is 33.4 Å². The summed E-state index contributed by atoms with van der Waals surface area (Å²) < 4.78 is 28.3. The van der Waals surface area contributed by atoms with Crippen molar-refractivity contribution in [3.05, 3.63) is 101 Å². The average molecular weight is 553 g/mol. The molecule has 0 radical (unpaired) electrons. The summed E-state index contributed by atoms with van der Waals surface area (Å²) in [6.07, 6.45) is 0.763. The van der Waals surface area contributed by atoms with Gasteiger partial charge in [-0.05, 0) is 43.5 Å². The van der Waals surface area contributed by atoms with Crippen LogP contribution in [0.3, 0.4) is 0 Å². The zero-order chi connectivity index (χ0) is 28.4. The smallest absolute Gasteiger partial charge is 0.271 e. The molecule has 0 saturated heterocycles. The molecule has 11 heteroatoms. The van der Waals surface area contributed by atoms with Gasteiger partial charge in [-0.1, -0.05) is 61.5 Å². The number of benzene rings is 3. The summed E-state index contributed by atoms with van der Waals surface area (Å²) in [5.74, 6) is -0.940. The Labute approximate surface area is 228 Å². The Balaban J connectivity index is 2.03. The third kappa shape index (κ3) is 7.41. The number of carbonyl (C=O) groups excluding carboxylic acids is 2. The highest BCUT2D eigenvalue weighted by Gasteiger charge is 2.33. The molecule has 206 valence electrons. The van der Waals surface area contributed by atoms with Crippen LogP contribution >= 0.6 is 0 Å². The van der Waals surface area contributed by atoms with Crippen LogP contribution in [0.2, 0.25) is 0 Å². The predicted octanol–water partition coefficient (Wildman–Crippen LogP) is 3.78. The monoisotopic (exact) mass is 552 g/mol. The summed E-state index contributed by atoms with van der Waals surface area (Å²) in [4.78, 5) is 38.9. The van der Waals surface area contributed by atoms with Gasteiger partial charge in [0, 0.05) is 25.2 Å². The summed E-state index contributed by atoms with van der Waals surface area (Å²) in [5, 5.41) is 14.2. The van der Waals surface area contributed by atoms with Crippen molar-refractivity contribution >= 4 is 33.2 Å². The van der Waals surface area contributed by atoms with Gasteiger partial charge in [0.25, 0.3) is 15.7 Å². The van der Waals surface area contributed by atoms with Crippen LogP contribution in [-0.2, 0) is 26.0 Å². The van der Waals surface area contributed by atoms with E-state index in [1.165, 1.54) is 35.2 Å². The minimum atomic E-state index is -4.29. The quantitative estimate of drug-likeness (QED) is 0.254. The normalized spacial score (nSPS) is 11.8. The minimum absolute atomic E-state index is 0.0320. The van der Waals surface area contributed by atoms with Gasteiger partial charge in [0.1, 0.15) is 12.6 Å². The maximum atomic E-state index is 13.9. The van der Waals surface area contributed by atoms with E-state index in [0.29, 0.717) is 19.4 Å². The molecular formula is C28H32N4O6S. The van der Waals surface area contributed by atoms with Gasteiger partial charge in [-0.15, -0.1) is 0 Å². The molecule has 1 N–H and O–H groups in total. The Kier molecular flexibility index (Phi) is 10.2. The van der Waals surface area contributed by atoms with E-state index in [1.807, 2.05) is 30.3 Å². The number of likely N-dealkylation sites (N-methyl/N-ethyl adjacent to an activating group) is 1. The molecule has 1 unspecified atom stereocenters. The molecule has 3 aromatic rings. The van der Waals surface area contributed by atoms with Gasteiger partial charge in [-0.2, -0.15) is 0 Å². The van der Waals surface area contributed by atoms with Crippen LogP contribution < -0.4 is 9.62 Å². The molecule has 10 nitrogen and oxygen atoms in total. The lowest BCUT2D eigenvalue weighted by Gasteiger charge is -2.33. The number of anilines is 1. The van der Waals surface area contributed by atoms with Crippen LogP contribution in [0.15, 0.2) is 89.8 Å². The minimum Gasteiger partial charge on any atom is -0.355 e. The Morgan fingerprint density at radius 3 is 2.18 bits per heavy atom. The first kappa shape index (κ1) is 29.3. The van der Waals surface area contributed by atoms with Crippen molar-refractivity contribution in [1.82, 2.24) is 10.2 Å². The standard InChI is InChI=1S/C28H32N4O6S/c1-3-26(28(34)29-4-2)30(19-18-22-12-7-5-8-13-22)27(33)21-31(23-14-11-15-24(20-23)32(35)36)39(37,38)25-16-9-6-10-17-25/h5-17,20,26H,3-4,18-19,21H2,1-2H3,(H,29,34). The van der Waals surface area contributed by atoms with Crippen molar-refractivity contribution in [2.24, 2.45) is 0 Å². The highest BCUT2D eigenvalue weighted by atomic mass is 32.2. The first-order chi connectivity index (χ1) is 18.7. The second-order valence-electron chi connectivity index (χ2n) is 8.74. The maximum Gasteiger partial charge on any atom is 0.271 e. The van der Waals surface area contributed by atoms with Crippen molar-refractivity contribution in [3.8, 4) is 0 Å². The number of nitro groups is 1. The van der Waals surface area contributed by atoms with Crippen molar-refractivity contribution < 1.29 is 22.9 Å². The average Bonchev–Trinajstić information content (AvgIpc) is 2.94. The molecule has 39 heavy (non-hydrogen) atoms. The summed E-state index contributed by atoms with van der Waals surface area (Å²) >= 11 is 0. The van der Waals surface area contributed by atoms with E-state index in [4.69, 9.17) is 0 Å². The summed E-state index contributed by atoms with van der Waals surface area (Å²) in [7, 11) is -4.29. The molecule has 0 saturated carbocycles. The fourth-order valence-corrected chi connectivity index (χ4v) is 5.63. The molecule has 0 aliphatic heterocycles.